The molecule has 0 saturated carbocycles. The lowest BCUT2D eigenvalue weighted by Crippen LogP contribution is -2.13. The number of rotatable bonds is 7. The second-order valence-electron chi connectivity index (χ2n) is 6.02. The van der Waals surface area contributed by atoms with Crippen molar-refractivity contribution in [2.75, 3.05) is 14.2 Å². The van der Waals surface area contributed by atoms with E-state index in [0.29, 0.717) is 17.8 Å². The van der Waals surface area contributed by atoms with Crippen LogP contribution in [0.25, 0.3) is 0 Å². The smallest absolute Gasteiger partial charge is 0.358 e. The number of benzene rings is 1. The number of nitrogens with zero attached hydrogens (tertiary/aromatic N) is 4. The Morgan fingerprint density at radius 1 is 1.15 bits per heavy atom. The van der Waals surface area contributed by atoms with Gasteiger partial charge in [0.15, 0.2) is 11.5 Å². The van der Waals surface area contributed by atoms with Gasteiger partial charge in [0.05, 0.1) is 32.5 Å². The van der Waals surface area contributed by atoms with Gasteiger partial charge in [0.1, 0.15) is 12.3 Å². The molecule has 0 unspecified atom stereocenters. The Morgan fingerprint density at radius 2 is 1.89 bits per heavy atom. The first-order valence-corrected chi connectivity index (χ1v) is 8.31. The van der Waals surface area contributed by atoms with Crippen LogP contribution in [0.2, 0.25) is 0 Å². The number of aromatic nitrogens is 4. The number of ketones is 1. The number of carbonyl (C=O) groups is 2. The third-order valence-electron chi connectivity index (χ3n) is 4.13. The summed E-state index contributed by atoms with van der Waals surface area (Å²) in [5, 5.41) is 8.37. The van der Waals surface area contributed by atoms with Crippen molar-refractivity contribution in [3.05, 3.63) is 65.2 Å². The number of hydrogen-bond acceptors (Lipinski definition) is 6. The van der Waals surface area contributed by atoms with E-state index in [0.717, 1.165) is 11.3 Å². The molecule has 0 spiro atoms. The Balaban J connectivity index is 1.67. The third-order valence-corrected chi connectivity index (χ3v) is 4.13. The lowest BCUT2D eigenvalue weighted by molar-refractivity contribution is 0.0592. The summed E-state index contributed by atoms with van der Waals surface area (Å²) >= 11 is 0. The van der Waals surface area contributed by atoms with Gasteiger partial charge in [-0.05, 0) is 30.7 Å². The van der Waals surface area contributed by atoms with Gasteiger partial charge in [-0.2, -0.15) is 10.2 Å². The number of esters is 1. The summed E-state index contributed by atoms with van der Waals surface area (Å²) in [5.41, 5.74) is 2.41. The Kier molecular flexibility index (Phi) is 5.35. The number of aryl methyl sites for hydroxylation is 1. The van der Waals surface area contributed by atoms with Crippen molar-refractivity contribution in [1.82, 2.24) is 19.6 Å². The second kappa shape index (κ2) is 7.86. The van der Waals surface area contributed by atoms with Crippen LogP contribution in [0, 0.1) is 6.92 Å². The summed E-state index contributed by atoms with van der Waals surface area (Å²) in [6.07, 6.45) is 3.23. The van der Waals surface area contributed by atoms with Crippen LogP contribution < -0.4 is 4.74 Å². The van der Waals surface area contributed by atoms with E-state index in [2.05, 4.69) is 14.9 Å². The topological polar surface area (TPSA) is 88.2 Å². The van der Waals surface area contributed by atoms with E-state index in [1.54, 1.807) is 31.0 Å². The van der Waals surface area contributed by atoms with Crippen LogP contribution in [0.4, 0.5) is 0 Å². The van der Waals surface area contributed by atoms with Crippen LogP contribution in [0.5, 0.6) is 5.75 Å². The zero-order valence-corrected chi connectivity index (χ0v) is 15.4. The molecule has 27 heavy (non-hydrogen) atoms. The van der Waals surface area contributed by atoms with E-state index in [1.165, 1.54) is 18.0 Å². The van der Waals surface area contributed by atoms with Crippen molar-refractivity contribution < 1.29 is 19.1 Å². The quantitative estimate of drug-likeness (QED) is 0.469. The standard InChI is InChI=1S/C19H20N4O4/c1-13-8-17(19(25)27-3)21-23(13)12-18(24)15-9-20-22(11-15)10-14-4-6-16(26-2)7-5-14/h4-9,11H,10,12H2,1-3H3. The molecule has 0 radical (unpaired) electrons. The molecule has 3 aromatic rings. The van der Waals surface area contributed by atoms with Crippen molar-refractivity contribution in [3.8, 4) is 5.75 Å². The van der Waals surface area contributed by atoms with E-state index < -0.39 is 5.97 Å². The summed E-state index contributed by atoms with van der Waals surface area (Å²) in [4.78, 5) is 24.1. The van der Waals surface area contributed by atoms with Crippen molar-refractivity contribution in [1.29, 1.82) is 0 Å². The van der Waals surface area contributed by atoms with Crippen molar-refractivity contribution >= 4 is 11.8 Å². The van der Waals surface area contributed by atoms with Gasteiger partial charge in [0, 0.05) is 11.9 Å². The second-order valence-corrected chi connectivity index (χ2v) is 6.02. The van der Waals surface area contributed by atoms with Crippen molar-refractivity contribution in [2.45, 2.75) is 20.0 Å². The zero-order chi connectivity index (χ0) is 19.4. The highest BCUT2D eigenvalue weighted by molar-refractivity contribution is 5.95. The summed E-state index contributed by atoms with van der Waals surface area (Å²) in [6.45, 7) is 2.35. The fourth-order valence-electron chi connectivity index (χ4n) is 2.61. The fraction of sp³-hybridized carbons (Fsp3) is 0.263. The minimum absolute atomic E-state index is 0.0249. The lowest BCUT2D eigenvalue weighted by atomic mass is 10.2. The van der Waals surface area contributed by atoms with Gasteiger partial charge in [-0.3, -0.25) is 14.2 Å². The Labute approximate surface area is 156 Å². The first-order chi connectivity index (χ1) is 13.0. The molecule has 0 bridgehead atoms. The molecule has 0 N–H and O–H groups in total. The molecule has 0 atom stereocenters. The van der Waals surface area contributed by atoms with Gasteiger partial charge in [0.2, 0.25) is 0 Å². The monoisotopic (exact) mass is 368 g/mol. The van der Waals surface area contributed by atoms with E-state index in [9.17, 15) is 9.59 Å². The number of carbonyl (C=O) groups excluding carboxylic acids is 2. The maximum absolute atomic E-state index is 12.5. The minimum atomic E-state index is -0.531. The molecule has 8 nitrogen and oxygen atoms in total. The summed E-state index contributed by atoms with van der Waals surface area (Å²) in [7, 11) is 2.91. The van der Waals surface area contributed by atoms with E-state index in [1.807, 2.05) is 24.3 Å². The Hall–Kier alpha value is -3.42. The highest BCUT2D eigenvalue weighted by Crippen LogP contribution is 2.13. The molecule has 140 valence electrons. The molecule has 2 heterocycles. The molecule has 0 fully saturated rings. The van der Waals surface area contributed by atoms with Gasteiger partial charge in [0.25, 0.3) is 0 Å². The van der Waals surface area contributed by atoms with Gasteiger partial charge in [-0.1, -0.05) is 12.1 Å². The van der Waals surface area contributed by atoms with Gasteiger partial charge in [-0.25, -0.2) is 4.79 Å². The molecule has 0 aliphatic rings. The molecule has 3 rings (SSSR count). The number of ether oxygens (including phenoxy) is 2. The molecular formula is C19H20N4O4. The van der Waals surface area contributed by atoms with Crippen LogP contribution in [-0.2, 0) is 17.8 Å². The predicted octanol–water partition coefficient (Wildman–Crippen LogP) is 2.11. The highest BCUT2D eigenvalue weighted by atomic mass is 16.5. The maximum atomic E-state index is 12.5. The number of Topliss-reactive ketones (excluding diaryl/α,β-unsaturated/α-hetero) is 1. The predicted molar refractivity (Wildman–Crippen MR) is 97.0 cm³/mol. The Bertz CT molecular complexity index is 957. The zero-order valence-electron chi connectivity index (χ0n) is 15.4. The first kappa shape index (κ1) is 18.4. The first-order valence-electron chi connectivity index (χ1n) is 8.31. The van der Waals surface area contributed by atoms with Crippen LogP contribution in [0.3, 0.4) is 0 Å². The average Bonchev–Trinajstić information content (AvgIpc) is 3.29. The van der Waals surface area contributed by atoms with E-state index in [4.69, 9.17) is 4.74 Å². The molecule has 1 aromatic carbocycles. The summed E-state index contributed by atoms with van der Waals surface area (Å²) in [6, 6.07) is 9.24. The Morgan fingerprint density at radius 3 is 2.56 bits per heavy atom. The van der Waals surface area contributed by atoms with Crippen molar-refractivity contribution in [3.63, 3.8) is 0 Å². The van der Waals surface area contributed by atoms with Crippen LogP contribution in [0.1, 0.15) is 32.1 Å². The highest BCUT2D eigenvalue weighted by Gasteiger charge is 2.16. The molecule has 0 saturated heterocycles. The van der Waals surface area contributed by atoms with Gasteiger partial charge < -0.3 is 9.47 Å². The van der Waals surface area contributed by atoms with Crippen molar-refractivity contribution in [2.24, 2.45) is 0 Å². The largest absolute Gasteiger partial charge is 0.497 e. The van der Waals surface area contributed by atoms with E-state index >= 15 is 0 Å². The van der Waals surface area contributed by atoms with Crippen LogP contribution >= 0.6 is 0 Å². The van der Waals surface area contributed by atoms with Crippen LogP contribution in [-0.4, -0.2) is 45.5 Å². The summed E-state index contributed by atoms with van der Waals surface area (Å²) in [5.74, 6) is 0.117. The molecule has 2 aromatic heterocycles. The maximum Gasteiger partial charge on any atom is 0.358 e. The number of methoxy groups -OCH3 is 2. The molecular weight excluding hydrogens is 348 g/mol. The molecule has 0 aliphatic carbocycles. The SMILES string of the molecule is COC(=O)c1cc(C)n(CC(=O)c2cnn(Cc3ccc(OC)cc3)c2)n1. The number of hydrogen-bond donors (Lipinski definition) is 0. The normalized spacial score (nSPS) is 10.6. The van der Waals surface area contributed by atoms with E-state index in [-0.39, 0.29) is 18.0 Å². The van der Waals surface area contributed by atoms with Gasteiger partial charge >= 0.3 is 5.97 Å². The fourth-order valence-corrected chi connectivity index (χ4v) is 2.61. The average molecular weight is 368 g/mol. The minimum Gasteiger partial charge on any atom is -0.497 e. The summed E-state index contributed by atoms with van der Waals surface area (Å²) < 4.78 is 13.0. The third kappa shape index (κ3) is 4.22. The molecule has 0 amide bonds. The lowest BCUT2D eigenvalue weighted by Gasteiger charge is -2.04. The molecule has 0 aliphatic heterocycles. The van der Waals surface area contributed by atoms with Crippen LogP contribution in [0.15, 0.2) is 42.7 Å². The van der Waals surface area contributed by atoms with Gasteiger partial charge in [-0.15, -0.1) is 0 Å². The molecule has 8 heteroatoms.